The minimum atomic E-state index is -1.15. The van der Waals surface area contributed by atoms with Gasteiger partial charge in [-0.25, -0.2) is 0 Å². The van der Waals surface area contributed by atoms with E-state index in [0.717, 1.165) is 23.6 Å². The Morgan fingerprint density at radius 3 is 2.86 bits per heavy atom. The number of nitrogens with zero attached hydrogens (tertiary/aromatic N) is 1. The zero-order valence-corrected chi connectivity index (χ0v) is 18.5. The van der Waals surface area contributed by atoms with Crippen molar-refractivity contribution < 1.29 is 13.7 Å². The summed E-state index contributed by atoms with van der Waals surface area (Å²) in [5, 5.41) is 6.84. The molecule has 1 fully saturated rings. The minimum Gasteiger partial charge on any atom is -0.493 e. The average molecular weight is 441 g/mol. The van der Waals surface area contributed by atoms with E-state index in [1.807, 2.05) is 17.5 Å². The maximum absolute atomic E-state index is 12.0. The van der Waals surface area contributed by atoms with Gasteiger partial charge in [0.05, 0.1) is 12.4 Å². The van der Waals surface area contributed by atoms with Gasteiger partial charge in [-0.15, -0.1) is 22.7 Å². The van der Waals surface area contributed by atoms with Crippen LogP contribution in [-0.2, 0) is 27.9 Å². The lowest BCUT2D eigenvalue weighted by molar-refractivity contribution is -0.118. The molecule has 1 aliphatic heterocycles. The first-order valence-electron chi connectivity index (χ1n) is 9.75. The van der Waals surface area contributed by atoms with Gasteiger partial charge in [-0.1, -0.05) is 12.5 Å². The monoisotopic (exact) mass is 440 g/mol. The Bertz CT molecular complexity index is 740. The van der Waals surface area contributed by atoms with Gasteiger partial charge in [0.2, 0.25) is 5.91 Å². The van der Waals surface area contributed by atoms with Crippen molar-refractivity contribution in [3.8, 4) is 5.75 Å². The molecule has 8 heteroatoms. The maximum atomic E-state index is 12.0. The van der Waals surface area contributed by atoms with Crippen molar-refractivity contribution in [1.29, 1.82) is 0 Å². The van der Waals surface area contributed by atoms with Gasteiger partial charge in [0.15, 0.2) is 0 Å². The fourth-order valence-corrected chi connectivity index (χ4v) is 6.06. The van der Waals surface area contributed by atoms with Gasteiger partial charge in [0, 0.05) is 39.0 Å². The molecule has 0 aromatic carbocycles. The molecule has 1 unspecified atom stereocenters. The van der Waals surface area contributed by atoms with Crippen LogP contribution in [0.3, 0.4) is 0 Å². The van der Waals surface area contributed by atoms with Crippen LogP contribution in [0, 0.1) is 0 Å². The highest BCUT2D eigenvalue weighted by atomic mass is 32.2. The van der Waals surface area contributed by atoms with Crippen molar-refractivity contribution in [3.05, 3.63) is 38.7 Å². The molecule has 0 spiro atoms. The number of amides is 1. The number of piperidine rings is 1. The number of carbonyl (C=O) groups excluding carboxylic acids is 1. The first kappa shape index (κ1) is 21.5. The van der Waals surface area contributed by atoms with Crippen molar-refractivity contribution in [1.82, 2.24) is 10.2 Å². The fourth-order valence-electron chi connectivity index (χ4n) is 3.15. The summed E-state index contributed by atoms with van der Waals surface area (Å²) >= 11 is 3.32. The second-order valence-electron chi connectivity index (χ2n) is 6.95. The van der Waals surface area contributed by atoms with Crippen LogP contribution in [0.15, 0.2) is 29.0 Å². The standard InChI is InChI=1S/C20H28N2O3S3/c23-20(16-28(24)15-18-6-4-11-26-18)21-7-5-10-25-17-12-19(27-14-17)13-22-8-2-1-3-9-22/h4,6,11-12,14H,1-3,5,7-10,13,15-16H2,(H,21,23). The van der Waals surface area contributed by atoms with E-state index in [4.69, 9.17) is 4.74 Å². The number of thiophene rings is 2. The first-order chi connectivity index (χ1) is 13.7. The maximum Gasteiger partial charge on any atom is 0.232 e. The normalized spacial score (nSPS) is 16.0. The van der Waals surface area contributed by atoms with E-state index >= 15 is 0 Å². The molecular formula is C20H28N2O3S3. The summed E-state index contributed by atoms with van der Waals surface area (Å²) in [7, 11) is -1.15. The lowest BCUT2D eigenvalue weighted by Crippen LogP contribution is -2.30. The predicted octanol–water partition coefficient (Wildman–Crippen LogP) is 3.63. The van der Waals surface area contributed by atoms with Crippen LogP contribution in [0.2, 0.25) is 0 Å². The second kappa shape index (κ2) is 11.7. The zero-order chi connectivity index (χ0) is 19.6. The lowest BCUT2D eigenvalue weighted by atomic mass is 10.1. The highest BCUT2D eigenvalue weighted by Crippen LogP contribution is 2.24. The Labute approximate surface area is 177 Å². The smallest absolute Gasteiger partial charge is 0.232 e. The van der Waals surface area contributed by atoms with Crippen molar-refractivity contribution in [3.63, 3.8) is 0 Å². The van der Waals surface area contributed by atoms with Crippen LogP contribution in [0.25, 0.3) is 0 Å². The fraction of sp³-hybridized carbons (Fsp3) is 0.550. The molecule has 28 heavy (non-hydrogen) atoms. The quantitative estimate of drug-likeness (QED) is 0.542. The van der Waals surface area contributed by atoms with E-state index in [9.17, 15) is 9.00 Å². The molecular weight excluding hydrogens is 412 g/mol. The van der Waals surface area contributed by atoms with Crippen LogP contribution in [0.4, 0.5) is 0 Å². The molecule has 2 aromatic heterocycles. The molecule has 1 atom stereocenters. The predicted molar refractivity (Wildman–Crippen MR) is 118 cm³/mol. The Hall–Kier alpha value is -1.22. The topological polar surface area (TPSA) is 58.6 Å². The van der Waals surface area contributed by atoms with E-state index in [1.165, 1.54) is 37.2 Å². The molecule has 1 amide bonds. The summed E-state index contributed by atoms with van der Waals surface area (Å²) < 4.78 is 17.8. The molecule has 0 radical (unpaired) electrons. The number of ether oxygens (including phenoxy) is 1. The Morgan fingerprint density at radius 2 is 2.07 bits per heavy atom. The highest BCUT2D eigenvalue weighted by molar-refractivity contribution is 7.85. The van der Waals surface area contributed by atoms with Gasteiger partial charge in [0.1, 0.15) is 11.5 Å². The molecule has 5 nitrogen and oxygen atoms in total. The van der Waals surface area contributed by atoms with E-state index in [-0.39, 0.29) is 11.7 Å². The van der Waals surface area contributed by atoms with Crippen LogP contribution in [0.5, 0.6) is 5.75 Å². The summed E-state index contributed by atoms with van der Waals surface area (Å²) in [4.78, 5) is 16.8. The number of likely N-dealkylation sites (tertiary alicyclic amines) is 1. The second-order valence-corrected chi connectivity index (χ2v) is 10.4. The summed E-state index contributed by atoms with van der Waals surface area (Å²) in [6.07, 6.45) is 4.71. The van der Waals surface area contributed by atoms with E-state index in [2.05, 4.69) is 21.7 Å². The van der Waals surface area contributed by atoms with Crippen molar-refractivity contribution in [2.75, 3.05) is 32.0 Å². The molecule has 3 rings (SSSR count). The molecule has 0 bridgehead atoms. The number of rotatable bonds is 11. The number of nitrogens with one attached hydrogen (secondary N) is 1. The third kappa shape index (κ3) is 7.66. The van der Waals surface area contributed by atoms with Gasteiger partial charge in [-0.3, -0.25) is 13.9 Å². The summed E-state index contributed by atoms with van der Waals surface area (Å²) in [6, 6.07) is 6.01. The van der Waals surface area contributed by atoms with Gasteiger partial charge < -0.3 is 10.1 Å². The molecule has 1 aliphatic rings. The zero-order valence-electron chi connectivity index (χ0n) is 16.1. The van der Waals surface area contributed by atoms with E-state index < -0.39 is 10.8 Å². The van der Waals surface area contributed by atoms with Crippen molar-refractivity contribution in [2.24, 2.45) is 0 Å². The third-order valence-corrected chi connectivity index (χ3v) is 7.72. The Morgan fingerprint density at radius 1 is 1.21 bits per heavy atom. The number of hydrogen-bond acceptors (Lipinski definition) is 6. The van der Waals surface area contributed by atoms with Gasteiger partial charge >= 0.3 is 0 Å². The summed E-state index contributed by atoms with van der Waals surface area (Å²) in [5.74, 6) is 1.27. The minimum absolute atomic E-state index is 0.0587. The number of hydrogen-bond donors (Lipinski definition) is 1. The molecule has 1 N–H and O–H groups in total. The van der Waals surface area contributed by atoms with E-state index in [0.29, 0.717) is 18.9 Å². The highest BCUT2D eigenvalue weighted by Gasteiger charge is 2.12. The molecule has 1 saturated heterocycles. The summed E-state index contributed by atoms with van der Waals surface area (Å²) in [5.41, 5.74) is 0. The van der Waals surface area contributed by atoms with Crippen molar-refractivity contribution in [2.45, 2.75) is 38.0 Å². The Balaban J connectivity index is 1.25. The summed E-state index contributed by atoms with van der Waals surface area (Å²) in [6.45, 7) is 4.53. The molecule has 2 aromatic rings. The van der Waals surface area contributed by atoms with Crippen molar-refractivity contribution >= 4 is 39.4 Å². The third-order valence-electron chi connectivity index (χ3n) is 4.55. The van der Waals surface area contributed by atoms with Crippen LogP contribution in [-0.4, -0.2) is 47.0 Å². The molecule has 0 saturated carbocycles. The van der Waals surface area contributed by atoms with Crippen LogP contribution in [0.1, 0.15) is 35.4 Å². The first-order valence-corrected chi connectivity index (χ1v) is 13.0. The number of carbonyl (C=O) groups is 1. The Kier molecular flexibility index (Phi) is 8.98. The molecule has 154 valence electrons. The van der Waals surface area contributed by atoms with E-state index in [1.54, 1.807) is 22.7 Å². The van der Waals surface area contributed by atoms with Gasteiger partial charge in [-0.2, -0.15) is 0 Å². The molecule has 0 aliphatic carbocycles. The SMILES string of the molecule is O=C(CS(=O)Cc1cccs1)NCCCOc1csc(CN2CCCCC2)c1. The lowest BCUT2D eigenvalue weighted by Gasteiger charge is -2.25. The van der Waals surface area contributed by atoms with Crippen LogP contribution < -0.4 is 10.1 Å². The van der Waals surface area contributed by atoms with Gasteiger partial charge in [0.25, 0.3) is 0 Å². The largest absolute Gasteiger partial charge is 0.493 e. The van der Waals surface area contributed by atoms with Crippen LogP contribution >= 0.6 is 22.7 Å². The van der Waals surface area contributed by atoms with Gasteiger partial charge in [-0.05, 0) is 49.9 Å². The molecule has 3 heterocycles. The average Bonchev–Trinajstić information content (AvgIpc) is 3.34.